The predicted molar refractivity (Wildman–Crippen MR) is 154 cm³/mol. The molecule has 0 saturated heterocycles. The van der Waals surface area contributed by atoms with Gasteiger partial charge >= 0.3 is 0 Å². The van der Waals surface area contributed by atoms with E-state index in [4.69, 9.17) is 0 Å². The first kappa shape index (κ1) is 20.3. The largest absolute Gasteiger partial charge is 0.0836 e. The van der Waals surface area contributed by atoms with Gasteiger partial charge in [0.05, 0.1) is 0 Å². The summed E-state index contributed by atoms with van der Waals surface area (Å²) in [7, 11) is 0. The van der Waals surface area contributed by atoms with E-state index < -0.39 is 0 Å². The average Bonchev–Trinajstić information content (AvgIpc) is 2.94. The molecule has 4 aliphatic rings. The van der Waals surface area contributed by atoms with Gasteiger partial charge in [0.15, 0.2) is 0 Å². The lowest BCUT2D eigenvalue weighted by molar-refractivity contribution is 0.808. The molecule has 8 rings (SSSR count). The second-order valence-corrected chi connectivity index (χ2v) is 10.7. The molecule has 4 aromatic carbocycles. The number of fused-ring (bicyclic) bond motifs is 8. The number of hydrogen-bond donors (Lipinski definition) is 0. The third kappa shape index (κ3) is 3.00. The number of allylic oxidation sites excluding steroid dienone is 5. The number of hydrogen-bond acceptors (Lipinski definition) is 0. The Morgan fingerprint density at radius 2 is 1.44 bits per heavy atom. The zero-order chi connectivity index (χ0) is 23.6. The molecule has 0 heteroatoms. The lowest BCUT2D eigenvalue weighted by Crippen LogP contribution is -2.36. The summed E-state index contributed by atoms with van der Waals surface area (Å²) >= 11 is 0. The summed E-state index contributed by atoms with van der Waals surface area (Å²) in [6.45, 7) is 0. The van der Waals surface area contributed by atoms with Crippen LogP contribution in [0.4, 0.5) is 0 Å². The smallest absolute Gasteiger partial charge is 0.0130 e. The lowest BCUT2D eigenvalue weighted by atomic mass is 9.77. The molecular formula is C36H28. The van der Waals surface area contributed by atoms with Crippen LogP contribution in [0.15, 0.2) is 90.5 Å². The van der Waals surface area contributed by atoms with Crippen LogP contribution in [0.25, 0.3) is 50.9 Å². The average molecular weight is 461 g/mol. The van der Waals surface area contributed by atoms with Crippen molar-refractivity contribution in [3.8, 4) is 0 Å². The zero-order valence-electron chi connectivity index (χ0n) is 20.4. The van der Waals surface area contributed by atoms with Crippen LogP contribution in [0.1, 0.15) is 49.1 Å². The fraction of sp³-hybridized carbons (Fsp3) is 0.167. The standard InChI is InChI=1S/C36H28/c1-3-11-29-23(7-1)16-18-28-21-34-26(20-33(28)29)10-6-13-31(34)32-14-5-9-25-19-27-17-15-24-8-2-4-12-30(24)35(27)22-36(25)32/h1-4,7-10,12,15-22,29H,5-6,11,13-14H2. The molecule has 4 aliphatic carbocycles. The van der Waals surface area contributed by atoms with Crippen molar-refractivity contribution >= 4 is 50.9 Å². The molecule has 0 N–H and O–H groups in total. The highest BCUT2D eigenvalue weighted by Gasteiger charge is 2.23. The number of benzene rings is 4. The van der Waals surface area contributed by atoms with Crippen LogP contribution in [-0.2, 0) is 0 Å². The van der Waals surface area contributed by atoms with Crippen LogP contribution in [0, 0.1) is 0 Å². The molecule has 1 unspecified atom stereocenters. The van der Waals surface area contributed by atoms with Crippen molar-refractivity contribution in [2.75, 3.05) is 0 Å². The molecule has 0 fully saturated rings. The van der Waals surface area contributed by atoms with Crippen LogP contribution >= 0.6 is 0 Å². The molecule has 0 spiro atoms. The van der Waals surface area contributed by atoms with Crippen LogP contribution in [0.3, 0.4) is 0 Å². The van der Waals surface area contributed by atoms with Crippen molar-refractivity contribution in [2.24, 2.45) is 0 Å². The minimum Gasteiger partial charge on any atom is -0.0836 e. The van der Waals surface area contributed by atoms with E-state index in [0.717, 1.165) is 32.1 Å². The Balaban J connectivity index is 1.43. The van der Waals surface area contributed by atoms with Crippen molar-refractivity contribution < 1.29 is 0 Å². The highest BCUT2D eigenvalue weighted by molar-refractivity contribution is 6.08. The molecule has 0 bridgehead atoms. The molecule has 0 radical (unpaired) electrons. The summed E-state index contributed by atoms with van der Waals surface area (Å²) in [4.78, 5) is 0. The van der Waals surface area contributed by atoms with Gasteiger partial charge in [-0.25, -0.2) is 0 Å². The van der Waals surface area contributed by atoms with Crippen LogP contribution < -0.4 is 20.9 Å². The van der Waals surface area contributed by atoms with Gasteiger partial charge in [-0.3, -0.25) is 0 Å². The lowest BCUT2D eigenvalue weighted by Gasteiger charge is -2.26. The first-order valence-corrected chi connectivity index (χ1v) is 13.4. The highest BCUT2D eigenvalue weighted by Crippen LogP contribution is 2.37. The fourth-order valence-corrected chi connectivity index (χ4v) is 6.98. The third-order valence-corrected chi connectivity index (χ3v) is 8.73. The molecule has 0 aliphatic heterocycles. The van der Waals surface area contributed by atoms with E-state index in [-0.39, 0.29) is 0 Å². The third-order valence-electron chi connectivity index (χ3n) is 8.73. The quantitative estimate of drug-likeness (QED) is 0.299. The highest BCUT2D eigenvalue weighted by atomic mass is 14.3. The first-order valence-electron chi connectivity index (χ1n) is 13.4. The topological polar surface area (TPSA) is 0 Å². The van der Waals surface area contributed by atoms with Gasteiger partial charge < -0.3 is 0 Å². The van der Waals surface area contributed by atoms with E-state index in [1.165, 1.54) is 59.1 Å². The summed E-state index contributed by atoms with van der Waals surface area (Å²) in [5.74, 6) is 0.511. The van der Waals surface area contributed by atoms with E-state index in [2.05, 4.69) is 103 Å². The van der Waals surface area contributed by atoms with Crippen molar-refractivity contribution in [1.82, 2.24) is 0 Å². The Hall–Kier alpha value is -3.90. The zero-order valence-corrected chi connectivity index (χ0v) is 20.4. The van der Waals surface area contributed by atoms with E-state index >= 15 is 0 Å². The molecule has 172 valence electrons. The van der Waals surface area contributed by atoms with Gasteiger partial charge in [-0.15, -0.1) is 0 Å². The predicted octanol–water partition coefficient (Wildman–Crippen LogP) is 6.14. The van der Waals surface area contributed by atoms with Gasteiger partial charge in [-0.1, -0.05) is 85.0 Å². The van der Waals surface area contributed by atoms with Gasteiger partial charge in [0, 0.05) is 5.92 Å². The van der Waals surface area contributed by atoms with Crippen LogP contribution in [0.2, 0.25) is 0 Å². The minimum absolute atomic E-state index is 0.511. The van der Waals surface area contributed by atoms with E-state index in [1.807, 2.05) is 0 Å². The van der Waals surface area contributed by atoms with E-state index in [1.54, 1.807) is 11.1 Å². The van der Waals surface area contributed by atoms with Gasteiger partial charge in [0.2, 0.25) is 0 Å². The summed E-state index contributed by atoms with van der Waals surface area (Å²) < 4.78 is 0. The van der Waals surface area contributed by atoms with Gasteiger partial charge in [0.1, 0.15) is 0 Å². The Morgan fingerprint density at radius 1 is 0.667 bits per heavy atom. The maximum absolute atomic E-state index is 2.51. The van der Waals surface area contributed by atoms with E-state index in [0.29, 0.717) is 5.92 Å². The Bertz CT molecular complexity index is 1960. The first-order chi connectivity index (χ1) is 17.8. The molecule has 0 aromatic heterocycles. The minimum atomic E-state index is 0.511. The summed E-state index contributed by atoms with van der Waals surface area (Å²) in [6, 6.07) is 23.3. The van der Waals surface area contributed by atoms with Crippen LogP contribution in [-0.4, -0.2) is 0 Å². The van der Waals surface area contributed by atoms with Gasteiger partial charge in [-0.05, 0) is 121 Å². The SMILES string of the molecule is C1=CCC2C(=C1)C=Cc1cc3c(cc12)=CCCC=3C1=c2cc3c(ccc4ccccc43)cc2=CCC1. The maximum atomic E-state index is 2.51. The maximum Gasteiger partial charge on any atom is 0.0130 e. The molecule has 0 nitrogen and oxygen atoms in total. The van der Waals surface area contributed by atoms with Crippen molar-refractivity contribution in [3.05, 3.63) is 123 Å². The number of rotatable bonds is 1. The molecule has 1 atom stereocenters. The van der Waals surface area contributed by atoms with Crippen molar-refractivity contribution in [1.29, 1.82) is 0 Å². The van der Waals surface area contributed by atoms with Gasteiger partial charge in [-0.2, -0.15) is 0 Å². The monoisotopic (exact) mass is 460 g/mol. The molecule has 0 heterocycles. The van der Waals surface area contributed by atoms with E-state index in [9.17, 15) is 0 Å². The molecule has 0 amide bonds. The Morgan fingerprint density at radius 3 is 2.33 bits per heavy atom. The molecular weight excluding hydrogens is 432 g/mol. The molecule has 0 saturated carbocycles. The summed E-state index contributed by atoms with van der Waals surface area (Å²) in [6.07, 6.45) is 22.0. The summed E-state index contributed by atoms with van der Waals surface area (Å²) in [5, 5.41) is 11.2. The van der Waals surface area contributed by atoms with Crippen molar-refractivity contribution in [3.63, 3.8) is 0 Å². The Kier molecular flexibility index (Phi) is 4.40. The van der Waals surface area contributed by atoms with Crippen molar-refractivity contribution in [2.45, 2.75) is 38.0 Å². The molecule has 36 heavy (non-hydrogen) atoms. The Labute approximate surface area is 211 Å². The second-order valence-electron chi connectivity index (χ2n) is 10.7. The second kappa shape index (κ2) is 7.80. The molecule has 4 aromatic rings. The normalized spacial score (nSPS) is 19.7. The van der Waals surface area contributed by atoms with Crippen LogP contribution in [0.5, 0.6) is 0 Å². The summed E-state index contributed by atoms with van der Waals surface area (Å²) in [5.41, 5.74) is 7.51. The van der Waals surface area contributed by atoms with Gasteiger partial charge in [0.25, 0.3) is 0 Å². The fourth-order valence-electron chi connectivity index (χ4n) is 6.98.